The second-order valence-electron chi connectivity index (χ2n) is 4.34. The van der Waals surface area contributed by atoms with Gasteiger partial charge in [0.25, 0.3) is 11.5 Å². The first kappa shape index (κ1) is 14.3. The summed E-state index contributed by atoms with van der Waals surface area (Å²) in [4.78, 5) is 36.1. The molecule has 0 bridgehead atoms. The Hall–Kier alpha value is -2.15. The van der Waals surface area contributed by atoms with E-state index in [4.69, 9.17) is 11.6 Å². The Morgan fingerprint density at radius 1 is 1.55 bits per heavy atom. The first-order valence-corrected chi connectivity index (χ1v) is 6.27. The summed E-state index contributed by atoms with van der Waals surface area (Å²) in [6.45, 7) is 3.75. The number of rotatable bonds is 4. The SMILES string of the molecule is C=CCn1ncc(NC2CC(=O)N(C)C2=O)c(Cl)c1=O. The zero-order valence-electron chi connectivity index (χ0n) is 10.8. The topological polar surface area (TPSA) is 84.3 Å². The van der Waals surface area contributed by atoms with Gasteiger partial charge in [0.1, 0.15) is 11.1 Å². The number of amides is 2. The Bertz CT molecular complexity index is 640. The van der Waals surface area contributed by atoms with E-state index in [-0.39, 0.29) is 35.5 Å². The molecule has 1 N–H and O–H groups in total. The van der Waals surface area contributed by atoms with Gasteiger partial charge in [-0.1, -0.05) is 17.7 Å². The predicted molar refractivity (Wildman–Crippen MR) is 73.5 cm³/mol. The molecule has 1 aliphatic rings. The van der Waals surface area contributed by atoms with Crippen molar-refractivity contribution in [3.8, 4) is 0 Å². The number of aromatic nitrogens is 2. The lowest BCUT2D eigenvalue weighted by Crippen LogP contribution is -2.33. The molecule has 7 nitrogen and oxygen atoms in total. The van der Waals surface area contributed by atoms with Gasteiger partial charge in [-0.05, 0) is 0 Å². The van der Waals surface area contributed by atoms with E-state index in [1.165, 1.54) is 19.3 Å². The number of likely N-dealkylation sites (tertiary alicyclic amines) is 1. The number of hydrogen-bond acceptors (Lipinski definition) is 5. The number of hydrogen-bond donors (Lipinski definition) is 1. The molecule has 0 aromatic carbocycles. The molecular formula is C12H13ClN4O3. The highest BCUT2D eigenvalue weighted by Gasteiger charge is 2.36. The predicted octanol–water partition coefficient (Wildman–Crippen LogP) is 0.252. The van der Waals surface area contributed by atoms with Crippen LogP contribution in [0.3, 0.4) is 0 Å². The Morgan fingerprint density at radius 2 is 2.25 bits per heavy atom. The molecule has 2 heterocycles. The summed E-state index contributed by atoms with van der Waals surface area (Å²) in [6.07, 6.45) is 2.90. The zero-order valence-corrected chi connectivity index (χ0v) is 11.6. The summed E-state index contributed by atoms with van der Waals surface area (Å²) in [5.41, 5.74) is -0.250. The van der Waals surface area contributed by atoms with Crippen LogP contribution in [0.4, 0.5) is 5.69 Å². The fraction of sp³-hybridized carbons (Fsp3) is 0.333. The number of anilines is 1. The van der Waals surface area contributed by atoms with E-state index in [2.05, 4.69) is 17.0 Å². The van der Waals surface area contributed by atoms with Gasteiger partial charge in [-0.25, -0.2) is 4.68 Å². The molecule has 8 heteroatoms. The third-order valence-electron chi connectivity index (χ3n) is 3.00. The summed E-state index contributed by atoms with van der Waals surface area (Å²) in [5.74, 6) is -0.641. The lowest BCUT2D eigenvalue weighted by molar-refractivity contribution is -0.136. The molecule has 2 amide bonds. The van der Waals surface area contributed by atoms with Crippen LogP contribution in [0.15, 0.2) is 23.6 Å². The Morgan fingerprint density at radius 3 is 2.80 bits per heavy atom. The van der Waals surface area contributed by atoms with Crippen molar-refractivity contribution in [3.63, 3.8) is 0 Å². The molecule has 1 saturated heterocycles. The number of halogens is 1. The van der Waals surface area contributed by atoms with Crippen molar-refractivity contribution < 1.29 is 9.59 Å². The third-order valence-corrected chi connectivity index (χ3v) is 3.36. The van der Waals surface area contributed by atoms with Crippen LogP contribution in [0.5, 0.6) is 0 Å². The van der Waals surface area contributed by atoms with Crippen LogP contribution in [0.2, 0.25) is 5.02 Å². The van der Waals surface area contributed by atoms with Crippen LogP contribution in [-0.2, 0) is 16.1 Å². The van der Waals surface area contributed by atoms with Crippen LogP contribution in [0.25, 0.3) is 0 Å². The Balaban J connectivity index is 2.25. The van der Waals surface area contributed by atoms with Gasteiger partial charge in [0.2, 0.25) is 5.91 Å². The van der Waals surface area contributed by atoms with Gasteiger partial charge in [0.15, 0.2) is 0 Å². The first-order chi connectivity index (χ1) is 9.45. The number of nitrogens with one attached hydrogen (secondary N) is 1. The molecule has 1 aromatic heterocycles. The summed E-state index contributed by atoms with van der Waals surface area (Å²) in [6, 6.07) is -0.721. The quantitative estimate of drug-likeness (QED) is 0.636. The molecule has 1 fully saturated rings. The van der Waals surface area contributed by atoms with Crippen molar-refractivity contribution >= 4 is 29.1 Å². The zero-order chi connectivity index (χ0) is 14.9. The molecule has 20 heavy (non-hydrogen) atoms. The number of imide groups is 1. The molecule has 2 rings (SSSR count). The van der Waals surface area contributed by atoms with Crippen LogP contribution in [0, 0.1) is 0 Å². The Labute approximate surface area is 119 Å². The van der Waals surface area contributed by atoms with Crippen LogP contribution in [0.1, 0.15) is 6.42 Å². The molecule has 1 atom stereocenters. The molecule has 0 saturated carbocycles. The third kappa shape index (κ3) is 2.44. The molecule has 0 aliphatic carbocycles. The highest BCUT2D eigenvalue weighted by Crippen LogP contribution is 2.20. The van der Waals surface area contributed by atoms with Gasteiger partial charge in [-0.15, -0.1) is 6.58 Å². The van der Waals surface area contributed by atoms with Crippen LogP contribution >= 0.6 is 11.6 Å². The highest BCUT2D eigenvalue weighted by atomic mass is 35.5. The fourth-order valence-corrected chi connectivity index (χ4v) is 2.07. The van der Waals surface area contributed by atoms with Crippen molar-refractivity contribution in [2.75, 3.05) is 12.4 Å². The monoisotopic (exact) mass is 296 g/mol. The Kier molecular flexibility index (Phi) is 3.89. The van der Waals surface area contributed by atoms with E-state index in [1.807, 2.05) is 0 Å². The van der Waals surface area contributed by atoms with Gasteiger partial charge < -0.3 is 5.32 Å². The molecule has 0 radical (unpaired) electrons. The lowest BCUT2D eigenvalue weighted by atomic mass is 10.2. The maximum atomic E-state index is 11.9. The average molecular weight is 297 g/mol. The van der Waals surface area contributed by atoms with Gasteiger partial charge in [0, 0.05) is 7.05 Å². The molecule has 1 aromatic rings. The fourth-order valence-electron chi connectivity index (χ4n) is 1.87. The van der Waals surface area contributed by atoms with E-state index in [0.29, 0.717) is 0 Å². The minimum atomic E-state index is -0.721. The van der Waals surface area contributed by atoms with Gasteiger partial charge in [-0.2, -0.15) is 5.10 Å². The van der Waals surface area contributed by atoms with Gasteiger partial charge in [-0.3, -0.25) is 19.3 Å². The summed E-state index contributed by atoms with van der Waals surface area (Å²) >= 11 is 5.95. The van der Waals surface area contributed by atoms with Gasteiger partial charge >= 0.3 is 0 Å². The van der Waals surface area contributed by atoms with Crippen molar-refractivity contribution in [2.24, 2.45) is 0 Å². The molecule has 0 spiro atoms. The number of allylic oxidation sites excluding steroid dienone is 1. The van der Waals surface area contributed by atoms with E-state index in [0.717, 1.165) is 9.58 Å². The lowest BCUT2D eigenvalue weighted by Gasteiger charge is -2.13. The normalized spacial score (nSPS) is 18.5. The van der Waals surface area contributed by atoms with Crippen molar-refractivity contribution in [1.29, 1.82) is 0 Å². The minimum Gasteiger partial charge on any atom is -0.371 e. The van der Waals surface area contributed by atoms with E-state index >= 15 is 0 Å². The maximum absolute atomic E-state index is 11.9. The van der Waals surface area contributed by atoms with Crippen molar-refractivity contribution in [3.05, 3.63) is 34.2 Å². The smallest absolute Gasteiger partial charge is 0.287 e. The average Bonchev–Trinajstić information content (AvgIpc) is 2.66. The van der Waals surface area contributed by atoms with Crippen molar-refractivity contribution in [1.82, 2.24) is 14.7 Å². The second kappa shape index (κ2) is 5.46. The highest BCUT2D eigenvalue weighted by molar-refractivity contribution is 6.33. The standard InChI is InChI=1S/C12H13ClN4O3/c1-3-4-17-12(20)10(13)8(6-14-17)15-7-5-9(18)16(2)11(7)19/h3,6-7,15H,1,4-5H2,2H3. The number of nitrogens with zero attached hydrogens (tertiary/aromatic N) is 3. The van der Waals surface area contributed by atoms with Crippen LogP contribution in [-0.4, -0.2) is 39.6 Å². The molecule has 1 aliphatic heterocycles. The van der Waals surface area contributed by atoms with E-state index < -0.39 is 11.6 Å². The molecule has 106 valence electrons. The van der Waals surface area contributed by atoms with Gasteiger partial charge in [0.05, 0.1) is 24.8 Å². The van der Waals surface area contributed by atoms with E-state index in [9.17, 15) is 14.4 Å². The maximum Gasteiger partial charge on any atom is 0.287 e. The van der Waals surface area contributed by atoms with Crippen molar-refractivity contribution in [2.45, 2.75) is 19.0 Å². The summed E-state index contributed by atoms with van der Waals surface area (Å²) < 4.78 is 1.15. The van der Waals surface area contributed by atoms with E-state index in [1.54, 1.807) is 0 Å². The number of carbonyl (C=O) groups excluding carboxylic acids is 2. The minimum absolute atomic E-state index is 0.0292. The second-order valence-corrected chi connectivity index (χ2v) is 4.72. The molecule has 1 unspecified atom stereocenters. The molecular weight excluding hydrogens is 284 g/mol. The first-order valence-electron chi connectivity index (χ1n) is 5.89. The largest absolute Gasteiger partial charge is 0.371 e. The summed E-state index contributed by atoms with van der Waals surface area (Å²) in [7, 11) is 1.41. The number of carbonyl (C=O) groups is 2. The summed E-state index contributed by atoms with van der Waals surface area (Å²) in [5, 5.41) is 6.62. The van der Waals surface area contributed by atoms with Crippen LogP contribution < -0.4 is 10.9 Å². The number of likely N-dealkylation sites (N-methyl/N-ethyl adjacent to an activating group) is 1.